The zero-order valence-corrected chi connectivity index (χ0v) is 10.8. The molecule has 7 heteroatoms. The molecule has 0 aliphatic carbocycles. The molecule has 1 aromatic rings. The molecule has 0 unspecified atom stereocenters. The first-order chi connectivity index (χ1) is 7.90. The number of carbonyl (C=O) groups excluding carboxylic acids is 1. The normalized spacial score (nSPS) is 10.9. The van der Waals surface area contributed by atoms with Crippen molar-refractivity contribution in [2.24, 2.45) is 0 Å². The smallest absolute Gasteiger partial charge is 0.229 e. The Bertz CT molecular complexity index is 502. The number of amides is 1. The summed E-state index contributed by atoms with van der Waals surface area (Å²) in [6, 6.07) is 6.44. The lowest BCUT2D eigenvalue weighted by molar-refractivity contribution is -0.115. The van der Waals surface area contributed by atoms with E-state index >= 15 is 0 Å². The largest absolute Gasteiger partial charge is 0.326 e. The lowest BCUT2D eigenvalue weighted by Crippen LogP contribution is -2.13. The molecule has 0 fully saturated rings. The third kappa shape index (κ3) is 5.55. The number of halogens is 1. The molecule has 5 nitrogen and oxygen atoms in total. The van der Waals surface area contributed by atoms with Gasteiger partial charge in [0.15, 0.2) is 0 Å². The van der Waals surface area contributed by atoms with E-state index in [-0.39, 0.29) is 18.2 Å². The highest BCUT2D eigenvalue weighted by atomic mass is 35.5. The number of hydrogen-bond acceptors (Lipinski definition) is 3. The Kier molecular flexibility index (Phi) is 4.77. The van der Waals surface area contributed by atoms with Gasteiger partial charge in [-0.1, -0.05) is 6.07 Å². The van der Waals surface area contributed by atoms with E-state index in [1.807, 2.05) is 0 Å². The average Bonchev–Trinajstić information content (AvgIpc) is 2.15. The first-order valence-corrected chi connectivity index (χ1v) is 7.27. The number of sulfonamides is 1. The Balaban J connectivity index is 2.76. The number of benzene rings is 1. The number of anilines is 2. The molecule has 0 atom stereocenters. The molecule has 0 bridgehead atoms. The lowest BCUT2D eigenvalue weighted by atomic mass is 10.3. The summed E-state index contributed by atoms with van der Waals surface area (Å²) in [5.41, 5.74) is 0.921. The van der Waals surface area contributed by atoms with E-state index in [0.717, 1.165) is 6.26 Å². The van der Waals surface area contributed by atoms with Crippen molar-refractivity contribution in [3.05, 3.63) is 24.3 Å². The third-order valence-corrected chi connectivity index (χ3v) is 2.57. The van der Waals surface area contributed by atoms with Gasteiger partial charge in [0.05, 0.1) is 11.9 Å². The molecular weight excluding hydrogens is 264 g/mol. The van der Waals surface area contributed by atoms with Crippen LogP contribution in [0.1, 0.15) is 6.42 Å². The van der Waals surface area contributed by atoms with Crippen LogP contribution in [0, 0.1) is 0 Å². The summed E-state index contributed by atoms with van der Waals surface area (Å²) in [6.45, 7) is 0. The molecule has 1 aromatic carbocycles. The van der Waals surface area contributed by atoms with Gasteiger partial charge in [-0.3, -0.25) is 9.52 Å². The van der Waals surface area contributed by atoms with Crippen LogP contribution >= 0.6 is 11.6 Å². The van der Waals surface area contributed by atoms with Crippen LogP contribution < -0.4 is 10.0 Å². The van der Waals surface area contributed by atoms with Crippen molar-refractivity contribution in [1.29, 1.82) is 0 Å². The van der Waals surface area contributed by atoms with Gasteiger partial charge in [-0.05, 0) is 18.2 Å². The fourth-order valence-corrected chi connectivity index (χ4v) is 1.91. The standard InChI is InChI=1S/C10H13ClN2O3S/c1-17(15,16)13-9-4-2-3-8(7-9)12-10(14)5-6-11/h2-4,7,13H,5-6H2,1H3,(H,12,14). The maximum atomic E-state index is 11.3. The highest BCUT2D eigenvalue weighted by molar-refractivity contribution is 7.92. The number of alkyl halides is 1. The second-order valence-electron chi connectivity index (χ2n) is 3.44. The zero-order chi connectivity index (χ0) is 12.9. The van der Waals surface area contributed by atoms with Crippen molar-refractivity contribution >= 4 is 38.9 Å². The van der Waals surface area contributed by atoms with Crippen LogP contribution in [0.4, 0.5) is 11.4 Å². The van der Waals surface area contributed by atoms with Crippen LogP contribution in [0.25, 0.3) is 0 Å². The summed E-state index contributed by atoms with van der Waals surface area (Å²) in [5, 5.41) is 2.61. The van der Waals surface area contributed by atoms with Crippen LogP contribution in [0.2, 0.25) is 0 Å². The van der Waals surface area contributed by atoms with Crippen LogP contribution in [0.5, 0.6) is 0 Å². The summed E-state index contributed by atoms with van der Waals surface area (Å²) >= 11 is 5.43. The van der Waals surface area contributed by atoms with Crippen molar-refractivity contribution in [1.82, 2.24) is 0 Å². The van der Waals surface area contributed by atoms with E-state index in [2.05, 4.69) is 10.0 Å². The Hall–Kier alpha value is -1.27. The van der Waals surface area contributed by atoms with E-state index in [9.17, 15) is 13.2 Å². The topological polar surface area (TPSA) is 75.3 Å². The molecule has 0 radical (unpaired) electrons. The van der Waals surface area contributed by atoms with Gasteiger partial charge in [0.25, 0.3) is 0 Å². The summed E-state index contributed by atoms with van der Waals surface area (Å²) < 4.78 is 24.4. The quantitative estimate of drug-likeness (QED) is 0.803. The molecule has 94 valence electrons. The first kappa shape index (κ1) is 13.8. The Morgan fingerprint density at radius 1 is 1.35 bits per heavy atom. The molecule has 17 heavy (non-hydrogen) atoms. The van der Waals surface area contributed by atoms with E-state index < -0.39 is 10.0 Å². The Labute approximate surface area is 105 Å². The van der Waals surface area contributed by atoms with Gasteiger partial charge < -0.3 is 5.32 Å². The van der Waals surface area contributed by atoms with Crippen LogP contribution in [-0.4, -0.2) is 26.5 Å². The van der Waals surface area contributed by atoms with Gasteiger partial charge in [-0.2, -0.15) is 0 Å². The molecule has 0 spiro atoms. The number of carbonyl (C=O) groups is 1. The predicted octanol–water partition coefficient (Wildman–Crippen LogP) is 1.63. The Morgan fingerprint density at radius 2 is 2.00 bits per heavy atom. The molecule has 0 saturated heterocycles. The lowest BCUT2D eigenvalue weighted by Gasteiger charge is -2.07. The molecular formula is C10H13ClN2O3S. The van der Waals surface area contributed by atoms with Crippen molar-refractivity contribution in [3.8, 4) is 0 Å². The molecule has 2 N–H and O–H groups in total. The van der Waals surface area contributed by atoms with E-state index in [1.165, 1.54) is 6.07 Å². The minimum Gasteiger partial charge on any atom is -0.326 e. The third-order valence-electron chi connectivity index (χ3n) is 1.77. The summed E-state index contributed by atoms with van der Waals surface area (Å²) in [5.74, 6) is 0.0316. The summed E-state index contributed by atoms with van der Waals surface area (Å²) in [6.07, 6.45) is 1.27. The van der Waals surface area contributed by atoms with Gasteiger partial charge in [-0.15, -0.1) is 11.6 Å². The molecule has 0 aliphatic rings. The maximum Gasteiger partial charge on any atom is 0.229 e. The Morgan fingerprint density at radius 3 is 2.59 bits per heavy atom. The zero-order valence-electron chi connectivity index (χ0n) is 9.23. The molecule has 0 aromatic heterocycles. The number of rotatable bonds is 5. The van der Waals surface area contributed by atoms with Crippen LogP contribution in [-0.2, 0) is 14.8 Å². The minimum absolute atomic E-state index is 0.212. The highest BCUT2D eigenvalue weighted by Gasteiger charge is 2.04. The van der Waals surface area contributed by atoms with E-state index in [4.69, 9.17) is 11.6 Å². The van der Waals surface area contributed by atoms with Gasteiger partial charge in [0.1, 0.15) is 0 Å². The fourth-order valence-electron chi connectivity index (χ4n) is 1.18. The van der Waals surface area contributed by atoms with Crippen molar-refractivity contribution in [2.75, 3.05) is 22.2 Å². The van der Waals surface area contributed by atoms with E-state index in [0.29, 0.717) is 11.4 Å². The summed E-state index contributed by atoms with van der Waals surface area (Å²) in [7, 11) is -3.32. The SMILES string of the molecule is CS(=O)(=O)Nc1cccc(NC(=O)CCCl)c1. The first-order valence-electron chi connectivity index (χ1n) is 4.84. The fraction of sp³-hybridized carbons (Fsp3) is 0.300. The second-order valence-corrected chi connectivity index (χ2v) is 5.57. The van der Waals surface area contributed by atoms with Gasteiger partial charge in [0.2, 0.25) is 15.9 Å². The van der Waals surface area contributed by atoms with Crippen LogP contribution in [0.3, 0.4) is 0 Å². The average molecular weight is 277 g/mol. The number of nitrogens with one attached hydrogen (secondary N) is 2. The monoisotopic (exact) mass is 276 g/mol. The molecule has 1 amide bonds. The molecule has 1 rings (SSSR count). The van der Waals surface area contributed by atoms with Crippen molar-refractivity contribution in [2.45, 2.75) is 6.42 Å². The molecule has 0 saturated carbocycles. The second kappa shape index (κ2) is 5.88. The highest BCUT2D eigenvalue weighted by Crippen LogP contribution is 2.16. The number of hydrogen-bond donors (Lipinski definition) is 2. The summed E-state index contributed by atoms with van der Waals surface area (Å²) in [4.78, 5) is 11.3. The predicted molar refractivity (Wildman–Crippen MR) is 68.9 cm³/mol. The van der Waals surface area contributed by atoms with Crippen molar-refractivity contribution < 1.29 is 13.2 Å². The van der Waals surface area contributed by atoms with Crippen LogP contribution in [0.15, 0.2) is 24.3 Å². The maximum absolute atomic E-state index is 11.3. The van der Waals surface area contributed by atoms with Gasteiger partial charge in [0, 0.05) is 18.0 Å². The molecule has 0 heterocycles. The molecule has 0 aliphatic heterocycles. The minimum atomic E-state index is -3.32. The van der Waals surface area contributed by atoms with E-state index in [1.54, 1.807) is 18.2 Å². The van der Waals surface area contributed by atoms with Crippen molar-refractivity contribution in [3.63, 3.8) is 0 Å². The van der Waals surface area contributed by atoms with Gasteiger partial charge >= 0.3 is 0 Å². The van der Waals surface area contributed by atoms with Gasteiger partial charge in [-0.25, -0.2) is 8.42 Å².